The highest BCUT2D eigenvalue weighted by Crippen LogP contribution is 2.36. The number of benzene rings is 2. The van der Waals surface area contributed by atoms with Crippen molar-refractivity contribution < 1.29 is 0 Å². The summed E-state index contributed by atoms with van der Waals surface area (Å²) in [7, 11) is 0. The quantitative estimate of drug-likeness (QED) is 0.510. The molecule has 0 aromatic heterocycles. The molecule has 20 heavy (non-hydrogen) atoms. The van der Waals surface area contributed by atoms with Crippen LogP contribution in [-0.2, 0) is 5.41 Å². The molecule has 0 heterocycles. The molecule has 0 aliphatic rings. The topological polar surface area (TPSA) is 0 Å². The molecule has 2 aromatic carbocycles. The summed E-state index contributed by atoms with van der Waals surface area (Å²) >= 11 is 7.43. The van der Waals surface area contributed by atoms with Crippen molar-refractivity contribution >= 4 is 31.9 Å². The van der Waals surface area contributed by atoms with E-state index < -0.39 is 0 Å². The molecule has 0 saturated heterocycles. The number of hydrogen-bond acceptors (Lipinski definition) is 0. The highest BCUT2D eigenvalue weighted by atomic mass is 79.9. The molecule has 0 saturated carbocycles. The molecule has 0 nitrogen and oxygen atoms in total. The Bertz CT molecular complexity index is 570. The van der Waals surface area contributed by atoms with Crippen molar-refractivity contribution in [1.29, 1.82) is 0 Å². The van der Waals surface area contributed by atoms with Gasteiger partial charge in [0.1, 0.15) is 0 Å². The summed E-state index contributed by atoms with van der Waals surface area (Å²) in [5.41, 5.74) is 4.19. The van der Waals surface area contributed by atoms with Crippen molar-refractivity contribution in [1.82, 2.24) is 0 Å². The zero-order valence-electron chi connectivity index (χ0n) is 12.2. The van der Waals surface area contributed by atoms with Crippen LogP contribution in [0.1, 0.15) is 48.7 Å². The van der Waals surface area contributed by atoms with Crippen LogP contribution in [0.3, 0.4) is 0 Å². The molecular formula is C18H20Br2. The molecule has 0 N–H and O–H groups in total. The average molecular weight is 396 g/mol. The summed E-state index contributed by atoms with van der Waals surface area (Å²) in [5, 5.41) is 0. The lowest BCUT2D eigenvalue weighted by molar-refractivity contribution is 0.506. The van der Waals surface area contributed by atoms with E-state index in [4.69, 9.17) is 0 Å². The molecule has 0 spiro atoms. The zero-order valence-corrected chi connectivity index (χ0v) is 15.3. The average Bonchev–Trinajstić information content (AvgIpc) is 2.47. The normalized spacial score (nSPS) is 13.2. The first kappa shape index (κ1) is 15.8. The third-order valence-electron chi connectivity index (χ3n) is 4.05. The van der Waals surface area contributed by atoms with Gasteiger partial charge in [0.15, 0.2) is 0 Å². The van der Waals surface area contributed by atoms with Crippen molar-refractivity contribution in [3.63, 3.8) is 0 Å². The molecule has 0 aliphatic heterocycles. The smallest absolute Gasteiger partial charge is 0.0655 e. The van der Waals surface area contributed by atoms with Crippen LogP contribution in [0.15, 0.2) is 53.0 Å². The first-order valence-electron chi connectivity index (χ1n) is 6.94. The van der Waals surface area contributed by atoms with Crippen LogP contribution in [0.25, 0.3) is 0 Å². The maximum Gasteiger partial charge on any atom is 0.0655 e. The second-order valence-electron chi connectivity index (χ2n) is 5.74. The van der Waals surface area contributed by atoms with Crippen molar-refractivity contribution in [3.05, 3.63) is 69.7 Å². The summed E-state index contributed by atoms with van der Waals surface area (Å²) in [4.78, 5) is 0.219. The molecule has 0 radical (unpaired) electrons. The van der Waals surface area contributed by atoms with Gasteiger partial charge in [0.2, 0.25) is 0 Å². The van der Waals surface area contributed by atoms with Gasteiger partial charge in [-0.25, -0.2) is 0 Å². The van der Waals surface area contributed by atoms with E-state index >= 15 is 0 Å². The van der Waals surface area contributed by atoms with Gasteiger partial charge in [-0.1, -0.05) is 95.1 Å². The minimum absolute atomic E-state index is 0.219. The maximum atomic E-state index is 3.81. The maximum absolute atomic E-state index is 3.81. The Balaban J connectivity index is 2.29. The van der Waals surface area contributed by atoms with Crippen LogP contribution in [0, 0.1) is 0 Å². The number of alkyl halides is 1. The van der Waals surface area contributed by atoms with Gasteiger partial charge >= 0.3 is 0 Å². The third kappa shape index (κ3) is 3.35. The standard InChI is InChI=1S/C18H20Br2/c1-4-18(2,3)14-11-9-13(10-12-14)17(20)15-7-5-6-8-16(15)19/h5-12,17H,4H2,1-3H3. The van der Waals surface area contributed by atoms with Crippen molar-refractivity contribution in [2.24, 2.45) is 0 Å². The second-order valence-corrected chi connectivity index (χ2v) is 7.51. The fourth-order valence-corrected chi connectivity index (χ4v) is 3.69. The lowest BCUT2D eigenvalue weighted by Crippen LogP contribution is -2.15. The number of halogens is 2. The van der Waals surface area contributed by atoms with Crippen molar-refractivity contribution in [2.75, 3.05) is 0 Å². The van der Waals surface area contributed by atoms with E-state index in [0.29, 0.717) is 0 Å². The monoisotopic (exact) mass is 394 g/mol. The summed E-state index contributed by atoms with van der Waals surface area (Å²) in [6, 6.07) is 17.3. The van der Waals surface area contributed by atoms with Gasteiger partial charge in [0, 0.05) is 4.47 Å². The minimum atomic E-state index is 0.219. The molecule has 2 aromatic rings. The molecule has 1 unspecified atom stereocenters. The Labute approximate surface area is 138 Å². The molecule has 0 bridgehead atoms. The Morgan fingerprint density at radius 2 is 1.60 bits per heavy atom. The van der Waals surface area contributed by atoms with Crippen molar-refractivity contribution in [2.45, 2.75) is 37.4 Å². The van der Waals surface area contributed by atoms with Gasteiger partial charge in [-0.05, 0) is 34.6 Å². The molecule has 2 heteroatoms. The second kappa shape index (κ2) is 6.44. The summed E-state index contributed by atoms with van der Waals surface area (Å²) in [6.07, 6.45) is 1.15. The highest BCUT2D eigenvalue weighted by Gasteiger charge is 2.19. The summed E-state index contributed by atoms with van der Waals surface area (Å²) < 4.78 is 1.14. The van der Waals surface area contributed by atoms with E-state index in [1.54, 1.807) is 0 Å². The molecule has 0 aliphatic carbocycles. The van der Waals surface area contributed by atoms with Gasteiger partial charge in [0.25, 0.3) is 0 Å². The van der Waals surface area contributed by atoms with E-state index in [0.717, 1.165) is 10.9 Å². The van der Waals surface area contributed by atoms with Gasteiger partial charge in [0.05, 0.1) is 4.83 Å². The SMILES string of the molecule is CCC(C)(C)c1ccc(C(Br)c2ccccc2Br)cc1. The van der Waals surface area contributed by atoms with Crippen LogP contribution < -0.4 is 0 Å². The minimum Gasteiger partial charge on any atom is -0.0786 e. The Hall–Kier alpha value is -0.600. The van der Waals surface area contributed by atoms with Crippen LogP contribution in [-0.4, -0.2) is 0 Å². The highest BCUT2D eigenvalue weighted by molar-refractivity contribution is 9.11. The Kier molecular flexibility index (Phi) is 5.09. The van der Waals surface area contributed by atoms with Crippen LogP contribution in [0.5, 0.6) is 0 Å². The predicted molar refractivity (Wildman–Crippen MR) is 94.7 cm³/mol. The number of hydrogen-bond donors (Lipinski definition) is 0. The first-order chi connectivity index (χ1) is 9.45. The molecule has 1 atom stereocenters. The lowest BCUT2D eigenvalue weighted by Gasteiger charge is -2.24. The fourth-order valence-electron chi connectivity index (χ4n) is 2.17. The Morgan fingerprint density at radius 3 is 2.15 bits per heavy atom. The summed E-state index contributed by atoms with van der Waals surface area (Å²) in [5.74, 6) is 0. The fraction of sp³-hybridized carbons (Fsp3) is 0.333. The first-order valence-corrected chi connectivity index (χ1v) is 8.65. The molecule has 0 fully saturated rings. The Morgan fingerprint density at radius 1 is 1.00 bits per heavy atom. The zero-order chi connectivity index (χ0) is 14.8. The van der Waals surface area contributed by atoms with Gasteiger partial charge in [-0.3, -0.25) is 0 Å². The van der Waals surface area contributed by atoms with E-state index in [-0.39, 0.29) is 10.2 Å². The van der Waals surface area contributed by atoms with E-state index in [1.807, 2.05) is 6.07 Å². The van der Waals surface area contributed by atoms with Crippen molar-refractivity contribution in [3.8, 4) is 0 Å². The van der Waals surface area contributed by atoms with E-state index in [2.05, 4.69) is 95.1 Å². The van der Waals surface area contributed by atoms with Crippen LogP contribution in [0.4, 0.5) is 0 Å². The van der Waals surface area contributed by atoms with Crippen LogP contribution in [0.2, 0.25) is 0 Å². The van der Waals surface area contributed by atoms with E-state index in [9.17, 15) is 0 Å². The molecular weight excluding hydrogens is 376 g/mol. The van der Waals surface area contributed by atoms with E-state index in [1.165, 1.54) is 16.7 Å². The number of rotatable bonds is 4. The lowest BCUT2D eigenvalue weighted by atomic mass is 9.82. The summed E-state index contributed by atoms with van der Waals surface area (Å²) in [6.45, 7) is 6.82. The molecule has 2 rings (SSSR count). The van der Waals surface area contributed by atoms with Gasteiger partial charge in [-0.2, -0.15) is 0 Å². The predicted octanol–water partition coefficient (Wildman–Crippen LogP) is 6.62. The van der Waals surface area contributed by atoms with Gasteiger partial charge < -0.3 is 0 Å². The molecule has 0 amide bonds. The van der Waals surface area contributed by atoms with Gasteiger partial charge in [-0.15, -0.1) is 0 Å². The third-order valence-corrected chi connectivity index (χ3v) is 5.79. The van der Waals surface area contributed by atoms with Crippen LogP contribution >= 0.6 is 31.9 Å². The largest absolute Gasteiger partial charge is 0.0786 e. The molecule has 106 valence electrons.